The molecule has 112 valence electrons. The zero-order valence-corrected chi connectivity index (χ0v) is 12.8. The number of aliphatic hydroxyl groups excluding tert-OH is 1. The quantitative estimate of drug-likeness (QED) is 0.738. The Labute approximate surface area is 122 Å². The first kappa shape index (κ1) is 16.7. The molecule has 19 heavy (non-hydrogen) atoms. The molecular weight excluding hydrogens is 264 g/mol. The van der Waals surface area contributed by atoms with Crippen LogP contribution in [0.2, 0.25) is 0 Å². The first-order valence-corrected chi connectivity index (χ1v) is 7.13. The fraction of sp³-hybridized carbons (Fsp3) is 0.929. The Hall–Kier alpha value is -0.320. The smallest absolute Gasteiger partial charge is 0.227 e. The van der Waals surface area contributed by atoms with Crippen LogP contribution in [-0.2, 0) is 4.79 Å². The highest BCUT2D eigenvalue weighted by molar-refractivity contribution is 5.85. The van der Waals surface area contributed by atoms with Crippen LogP contribution in [0.15, 0.2) is 0 Å². The van der Waals surface area contributed by atoms with Gasteiger partial charge in [-0.25, -0.2) is 0 Å². The molecule has 1 amide bonds. The number of halogens is 1. The van der Waals surface area contributed by atoms with Crippen LogP contribution in [0.4, 0.5) is 0 Å². The molecule has 2 aliphatic rings. The van der Waals surface area contributed by atoms with Gasteiger partial charge in [0.05, 0.1) is 11.5 Å². The molecule has 1 heterocycles. The number of aliphatic hydroxyl groups is 1. The van der Waals surface area contributed by atoms with Crippen LogP contribution in [0, 0.1) is 10.8 Å². The third kappa shape index (κ3) is 3.61. The average Bonchev–Trinajstić information content (AvgIpc) is 2.79. The number of nitrogens with one attached hydrogen (secondary N) is 2. The SMILES string of the molecule is CC1(C(=O)NCC2(C)CCCCC2O)CCNC1.Cl. The zero-order chi connectivity index (χ0) is 13.2. The summed E-state index contributed by atoms with van der Waals surface area (Å²) in [6.45, 7) is 6.39. The molecule has 3 unspecified atom stereocenters. The second-order valence-electron chi connectivity index (χ2n) is 6.59. The van der Waals surface area contributed by atoms with Gasteiger partial charge in [0.15, 0.2) is 0 Å². The molecule has 0 radical (unpaired) electrons. The van der Waals surface area contributed by atoms with Gasteiger partial charge in [-0.15, -0.1) is 12.4 Å². The molecule has 4 nitrogen and oxygen atoms in total. The summed E-state index contributed by atoms with van der Waals surface area (Å²) < 4.78 is 0. The molecule has 0 aromatic carbocycles. The minimum atomic E-state index is -0.277. The summed E-state index contributed by atoms with van der Waals surface area (Å²) >= 11 is 0. The Balaban J connectivity index is 0.00000180. The lowest BCUT2D eigenvalue weighted by molar-refractivity contribution is -0.130. The van der Waals surface area contributed by atoms with E-state index in [1.54, 1.807) is 0 Å². The van der Waals surface area contributed by atoms with Crippen molar-refractivity contribution < 1.29 is 9.90 Å². The molecular formula is C14H27ClN2O2. The van der Waals surface area contributed by atoms with E-state index in [-0.39, 0.29) is 35.2 Å². The molecule has 1 aliphatic heterocycles. The van der Waals surface area contributed by atoms with Crippen molar-refractivity contribution in [2.75, 3.05) is 19.6 Å². The van der Waals surface area contributed by atoms with Gasteiger partial charge >= 0.3 is 0 Å². The largest absolute Gasteiger partial charge is 0.392 e. The first-order valence-electron chi connectivity index (χ1n) is 7.13. The van der Waals surface area contributed by atoms with Crippen molar-refractivity contribution in [3.8, 4) is 0 Å². The highest BCUT2D eigenvalue weighted by Gasteiger charge is 2.39. The van der Waals surface area contributed by atoms with Crippen molar-refractivity contribution in [2.45, 2.75) is 52.1 Å². The Kier molecular flexibility index (Phi) is 5.65. The van der Waals surface area contributed by atoms with E-state index in [1.807, 2.05) is 6.92 Å². The van der Waals surface area contributed by atoms with Crippen LogP contribution in [-0.4, -0.2) is 36.8 Å². The fourth-order valence-electron chi connectivity index (χ4n) is 3.09. The van der Waals surface area contributed by atoms with E-state index in [1.165, 1.54) is 0 Å². The summed E-state index contributed by atoms with van der Waals surface area (Å²) in [6.07, 6.45) is 4.75. The normalized spacial score (nSPS) is 38.6. The van der Waals surface area contributed by atoms with E-state index in [9.17, 15) is 9.90 Å². The maximum atomic E-state index is 12.2. The molecule has 5 heteroatoms. The molecule has 2 rings (SSSR count). The van der Waals surface area contributed by atoms with Crippen molar-refractivity contribution >= 4 is 18.3 Å². The van der Waals surface area contributed by atoms with Gasteiger partial charge in [0.1, 0.15) is 0 Å². The van der Waals surface area contributed by atoms with Gasteiger partial charge in [-0.05, 0) is 32.7 Å². The molecule has 0 aromatic heterocycles. The molecule has 2 fully saturated rings. The van der Waals surface area contributed by atoms with Crippen LogP contribution in [0.5, 0.6) is 0 Å². The van der Waals surface area contributed by atoms with Crippen LogP contribution < -0.4 is 10.6 Å². The number of hydrogen-bond acceptors (Lipinski definition) is 3. The highest BCUT2D eigenvalue weighted by atomic mass is 35.5. The summed E-state index contributed by atoms with van der Waals surface area (Å²) in [5.41, 5.74) is -0.410. The van der Waals surface area contributed by atoms with Gasteiger partial charge in [0, 0.05) is 18.5 Å². The van der Waals surface area contributed by atoms with Gasteiger partial charge in [0.25, 0.3) is 0 Å². The lowest BCUT2D eigenvalue weighted by Gasteiger charge is -2.39. The van der Waals surface area contributed by atoms with Crippen LogP contribution in [0.1, 0.15) is 46.0 Å². The van der Waals surface area contributed by atoms with E-state index < -0.39 is 0 Å². The molecule has 3 atom stereocenters. The maximum absolute atomic E-state index is 12.2. The fourth-order valence-corrected chi connectivity index (χ4v) is 3.09. The van der Waals surface area contributed by atoms with E-state index >= 15 is 0 Å². The lowest BCUT2D eigenvalue weighted by atomic mass is 9.73. The number of hydrogen-bond donors (Lipinski definition) is 3. The van der Waals surface area contributed by atoms with Gasteiger partial charge in [-0.3, -0.25) is 4.79 Å². The second-order valence-corrected chi connectivity index (χ2v) is 6.59. The van der Waals surface area contributed by atoms with E-state index in [4.69, 9.17) is 0 Å². The van der Waals surface area contributed by atoms with Gasteiger partial charge in [-0.2, -0.15) is 0 Å². The van der Waals surface area contributed by atoms with Crippen molar-refractivity contribution in [1.29, 1.82) is 0 Å². The maximum Gasteiger partial charge on any atom is 0.227 e. The molecule has 1 saturated heterocycles. The highest BCUT2D eigenvalue weighted by Crippen LogP contribution is 2.36. The van der Waals surface area contributed by atoms with Crippen molar-refractivity contribution in [3.63, 3.8) is 0 Å². The Morgan fingerprint density at radius 1 is 1.37 bits per heavy atom. The summed E-state index contributed by atoms with van der Waals surface area (Å²) in [5, 5.41) is 16.4. The zero-order valence-electron chi connectivity index (χ0n) is 12.0. The molecule has 3 N–H and O–H groups in total. The Morgan fingerprint density at radius 2 is 2.11 bits per heavy atom. The van der Waals surface area contributed by atoms with Gasteiger partial charge < -0.3 is 15.7 Å². The predicted molar refractivity (Wildman–Crippen MR) is 78.4 cm³/mol. The minimum absolute atomic E-state index is 0. The van der Waals surface area contributed by atoms with Crippen LogP contribution in [0.25, 0.3) is 0 Å². The summed E-state index contributed by atoms with van der Waals surface area (Å²) in [4.78, 5) is 12.2. The predicted octanol–water partition coefficient (Wildman–Crippen LogP) is 1.47. The molecule has 1 saturated carbocycles. The minimum Gasteiger partial charge on any atom is -0.392 e. The van der Waals surface area contributed by atoms with E-state index in [0.717, 1.165) is 45.2 Å². The first-order chi connectivity index (χ1) is 8.46. The summed E-state index contributed by atoms with van der Waals surface area (Å²) in [7, 11) is 0. The van der Waals surface area contributed by atoms with Gasteiger partial charge in [-0.1, -0.05) is 19.8 Å². The monoisotopic (exact) mass is 290 g/mol. The van der Waals surface area contributed by atoms with Crippen molar-refractivity contribution in [1.82, 2.24) is 10.6 Å². The van der Waals surface area contributed by atoms with E-state index in [2.05, 4.69) is 17.6 Å². The Bertz CT molecular complexity index is 319. The number of rotatable bonds is 3. The van der Waals surface area contributed by atoms with Crippen LogP contribution in [0.3, 0.4) is 0 Å². The molecule has 1 aliphatic carbocycles. The molecule has 0 spiro atoms. The standard InChI is InChI=1S/C14H26N2O2.ClH/c1-13(6-4-3-5-11(13)17)10-16-12(18)14(2)7-8-15-9-14;/h11,15,17H,3-10H2,1-2H3,(H,16,18);1H. The topological polar surface area (TPSA) is 61.4 Å². The van der Waals surface area contributed by atoms with Gasteiger partial charge in [0.2, 0.25) is 5.91 Å². The number of carbonyl (C=O) groups excluding carboxylic acids is 1. The Morgan fingerprint density at radius 3 is 2.68 bits per heavy atom. The lowest BCUT2D eigenvalue weighted by Crippen LogP contribution is -2.49. The average molecular weight is 291 g/mol. The summed E-state index contributed by atoms with van der Waals surface area (Å²) in [5.74, 6) is 0.131. The number of amides is 1. The number of carbonyl (C=O) groups is 1. The van der Waals surface area contributed by atoms with E-state index in [0.29, 0.717) is 6.54 Å². The third-order valence-corrected chi connectivity index (χ3v) is 4.85. The molecule has 0 aromatic rings. The molecule has 0 bridgehead atoms. The van der Waals surface area contributed by atoms with Crippen molar-refractivity contribution in [3.05, 3.63) is 0 Å². The second kappa shape index (κ2) is 6.42. The van der Waals surface area contributed by atoms with Crippen LogP contribution >= 0.6 is 12.4 Å². The summed E-state index contributed by atoms with van der Waals surface area (Å²) in [6, 6.07) is 0. The third-order valence-electron chi connectivity index (χ3n) is 4.85. The van der Waals surface area contributed by atoms with Crippen molar-refractivity contribution in [2.24, 2.45) is 10.8 Å².